The Morgan fingerprint density at radius 2 is 1.79 bits per heavy atom. The first-order valence-corrected chi connectivity index (χ1v) is 6.56. The monoisotopic (exact) mass is 272 g/mol. The highest BCUT2D eigenvalue weighted by Gasteiger charge is 2.41. The average molecular weight is 272 g/mol. The maximum absolute atomic E-state index is 12.7. The number of halogens is 3. The molecular formula is C14H19F3N2. The van der Waals surface area contributed by atoms with Crippen LogP contribution in [-0.2, 0) is 13.1 Å². The molecule has 1 heterocycles. The van der Waals surface area contributed by atoms with Crippen molar-refractivity contribution in [2.75, 3.05) is 13.1 Å². The molecular weight excluding hydrogens is 253 g/mol. The van der Waals surface area contributed by atoms with Gasteiger partial charge in [-0.25, -0.2) is 0 Å². The van der Waals surface area contributed by atoms with Crippen LogP contribution >= 0.6 is 0 Å². The van der Waals surface area contributed by atoms with Gasteiger partial charge >= 0.3 is 6.18 Å². The van der Waals surface area contributed by atoms with E-state index in [-0.39, 0.29) is 13.0 Å². The predicted octanol–water partition coefficient (Wildman–Crippen LogP) is 2.92. The molecule has 1 unspecified atom stereocenters. The van der Waals surface area contributed by atoms with Gasteiger partial charge in [-0.2, -0.15) is 13.2 Å². The van der Waals surface area contributed by atoms with Crippen LogP contribution in [0.2, 0.25) is 0 Å². The molecule has 1 aromatic rings. The largest absolute Gasteiger partial charge is 0.393 e. The van der Waals surface area contributed by atoms with Gasteiger partial charge in [-0.05, 0) is 30.5 Å². The number of nitrogens with zero attached hydrogens (tertiary/aromatic N) is 1. The molecule has 0 aromatic heterocycles. The van der Waals surface area contributed by atoms with Crippen molar-refractivity contribution in [3.63, 3.8) is 0 Å². The normalized spacial score (nSPS) is 21.6. The van der Waals surface area contributed by atoms with E-state index in [1.54, 1.807) is 0 Å². The number of hydrogen-bond donors (Lipinski definition) is 1. The molecule has 0 radical (unpaired) electrons. The van der Waals surface area contributed by atoms with Gasteiger partial charge in [-0.1, -0.05) is 24.3 Å². The second-order valence-electron chi connectivity index (χ2n) is 5.14. The average Bonchev–Trinajstić information content (AvgIpc) is 2.39. The zero-order valence-electron chi connectivity index (χ0n) is 10.8. The summed E-state index contributed by atoms with van der Waals surface area (Å²) >= 11 is 0. The highest BCUT2D eigenvalue weighted by Crippen LogP contribution is 2.33. The Bertz CT molecular complexity index is 400. The van der Waals surface area contributed by atoms with Crippen molar-refractivity contribution >= 4 is 0 Å². The van der Waals surface area contributed by atoms with E-state index >= 15 is 0 Å². The van der Waals surface area contributed by atoms with E-state index in [1.807, 2.05) is 29.2 Å². The third kappa shape index (κ3) is 3.94. The number of alkyl halides is 3. The van der Waals surface area contributed by atoms with Crippen LogP contribution in [0, 0.1) is 5.92 Å². The molecule has 1 fully saturated rings. The topological polar surface area (TPSA) is 29.3 Å². The van der Waals surface area contributed by atoms with Crippen LogP contribution in [0.3, 0.4) is 0 Å². The first kappa shape index (κ1) is 14.3. The zero-order chi connectivity index (χ0) is 13.9. The van der Waals surface area contributed by atoms with Crippen molar-refractivity contribution in [2.45, 2.75) is 32.1 Å². The molecule has 5 heteroatoms. The van der Waals surface area contributed by atoms with Crippen molar-refractivity contribution in [3.05, 3.63) is 35.4 Å². The highest BCUT2D eigenvalue weighted by atomic mass is 19.4. The molecule has 1 aliphatic heterocycles. The van der Waals surface area contributed by atoms with E-state index in [1.165, 1.54) is 0 Å². The summed E-state index contributed by atoms with van der Waals surface area (Å²) in [6.45, 7) is 1.92. The molecule has 19 heavy (non-hydrogen) atoms. The Balaban J connectivity index is 1.94. The summed E-state index contributed by atoms with van der Waals surface area (Å²) in [5.41, 5.74) is 7.59. The minimum atomic E-state index is -4.07. The second-order valence-corrected chi connectivity index (χ2v) is 5.14. The van der Waals surface area contributed by atoms with E-state index in [2.05, 4.69) is 0 Å². The number of piperidine rings is 1. The van der Waals surface area contributed by atoms with Gasteiger partial charge in [0.05, 0.1) is 5.92 Å². The van der Waals surface area contributed by atoms with Crippen molar-refractivity contribution in [3.8, 4) is 0 Å². The Hall–Kier alpha value is -1.07. The van der Waals surface area contributed by atoms with Gasteiger partial charge in [0.15, 0.2) is 0 Å². The van der Waals surface area contributed by atoms with E-state index in [9.17, 15) is 13.2 Å². The van der Waals surface area contributed by atoms with E-state index < -0.39 is 12.1 Å². The third-order valence-electron chi connectivity index (χ3n) is 3.63. The van der Waals surface area contributed by atoms with E-state index in [0.717, 1.165) is 17.7 Å². The summed E-state index contributed by atoms with van der Waals surface area (Å²) in [5.74, 6) is -1.18. The lowest BCUT2D eigenvalue weighted by Crippen LogP contribution is -2.41. The standard InChI is InChI=1S/C14H19F3N2/c15-14(16,17)13-2-1-7-19(10-13)9-12-5-3-11(8-18)4-6-12/h3-6,13H,1-2,7-10,18H2. The number of nitrogens with two attached hydrogens (primary N) is 1. The van der Waals surface area contributed by atoms with Crippen LogP contribution in [0.4, 0.5) is 13.2 Å². The molecule has 0 aliphatic carbocycles. The molecule has 1 atom stereocenters. The van der Waals surface area contributed by atoms with Gasteiger partial charge in [-0.3, -0.25) is 4.90 Å². The van der Waals surface area contributed by atoms with Crippen LogP contribution in [-0.4, -0.2) is 24.2 Å². The Kier molecular flexibility index (Phi) is 4.47. The molecule has 2 nitrogen and oxygen atoms in total. The number of likely N-dealkylation sites (tertiary alicyclic amines) is 1. The number of benzene rings is 1. The maximum Gasteiger partial charge on any atom is 0.393 e. The molecule has 0 bridgehead atoms. The molecule has 0 amide bonds. The lowest BCUT2D eigenvalue weighted by molar-refractivity contribution is -0.187. The van der Waals surface area contributed by atoms with Crippen LogP contribution in [0.25, 0.3) is 0 Å². The van der Waals surface area contributed by atoms with Crippen LogP contribution < -0.4 is 5.73 Å². The van der Waals surface area contributed by atoms with Crippen LogP contribution in [0.5, 0.6) is 0 Å². The summed E-state index contributed by atoms with van der Waals surface area (Å²) in [4.78, 5) is 1.89. The van der Waals surface area contributed by atoms with E-state index in [0.29, 0.717) is 19.5 Å². The van der Waals surface area contributed by atoms with Crippen LogP contribution in [0.15, 0.2) is 24.3 Å². The fourth-order valence-corrected chi connectivity index (χ4v) is 2.51. The zero-order valence-corrected chi connectivity index (χ0v) is 10.8. The van der Waals surface area contributed by atoms with Gasteiger partial charge in [0.2, 0.25) is 0 Å². The SMILES string of the molecule is NCc1ccc(CN2CCCC(C(F)(F)F)C2)cc1. The summed E-state index contributed by atoms with van der Waals surface area (Å²) in [7, 11) is 0. The van der Waals surface area contributed by atoms with Gasteiger partial charge < -0.3 is 5.73 Å². The van der Waals surface area contributed by atoms with Crippen molar-refractivity contribution in [1.29, 1.82) is 0 Å². The Morgan fingerprint density at radius 3 is 2.37 bits per heavy atom. The smallest absolute Gasteiger partial charge is 0.326 e. The molecule has 1 aliphatic rings. The molecule has 2 N–H and O–H groups in total. The van der Waals surface area contributed by atoms with Gasteiger partial charge in [0, 0.05) is 19.6 Å². The summed E-state index contributed by atoms with van der Waals surface area (Å²) in [6.07, 6.45) is -3.20. The van der Waals surface area contributed by atoms with Gasteiger partial charge in [0.25, 0.3) is 0 Å². The third-order valence-corrected chi connectivity index (χ3v) is 3.63. The molecule has 0 spiro atoms. The van der Waals surface area contributed by atoms with Gasteiger partial charge in [0.1, 0.15) is 0 Å². The minimum absolute atomic E-state index is 0.113. The number of hydrogen-bond acceptors (Lipinski definition) is 2. The predicted molar refractivity (Wildman–Crippen MR) is 68.4 cm³/mol. The summed E-state index contributed by atoms with van der Waals surface area (Å²) in [6, 6.07) is 7.75. The fourth-order valence-electron chi connectivity index (χ4n) is 2.51. The Morgan fingerprint density at radius 1 is 1.16 bits per heavy atom. The van der Waals surface area contributed by atoms with Gasteiger partial charge in [-0.15, -0.1) is 0 Å². The second kappa shape index (κ2) is 5.92. The fraction of sp³-hybridized carbons (Fsp3) is 0.571. The first-order chi connectivity index (χ1) is 8.99. The van der Waals surface area contributed by atoms with Crippen LogP contribution in [0.1, 0.15) is 24.0 Å². The summed E-state index contributed by atoms with van der Waals surface area (Å²) < 4.78 is 38.1. The minimum Gasteiger partial charge on any atom is -0.326 e. The number of rotatable bonds is 3. The lowest BCUT2D eigenvalue weighted by atomic mass is 9.97. The van der Waals surface area contributed by atoms with Crippen molar-refractivity contribution < 1.29 is 13.2 Å². The molecule has 0 saturated carbocycles. The molecule has 1 aromatic carbocycles. The van der Waals surface area contributed by atoms with Crippen molar-refractivity contribution in [1.82, 2.24) is 4.90 Å². The maximum atomic E-state index is 12.7. The Labute approximate surface area is 111 Å². The van der Waals surface area contributed by atoms with Crippen molar-refractivity contribution in [2.24, 2.45) is 11.7 Å². The summed E-state index contributed by atoms with van der Waals surface area (Å²) in [5, 5.41) is 0. The lowest BCUT2D eigenvalue weighted by Gasteiger charge is -2.33. The van der Waals surface area contributed by atoms with E-state index in [4.69, 9.17) is 5.73 Å². The molecule has 106 valence electrons. The highest BCUT2D eigenvalue weighted by molar-refractivity contribution is 5.22. The first-order valence-electron chi connectivity index (χ1n) is 6.56. The quantitative estimate of drug-likeness (QED) is 0.916. The molecule has 2 rings (SSSR count). The molecule has 1 saturated heterocycles.